The van der Waals surface area contributed by atoms with Crippen LogP contribution in [0.5, 0.6) is 0 Å². The lowest BCUT2D eigenvalue weighted by atomic mass is 9.85. The number of hydrogen-bond donors (Lipinski definition) is 1. The molecule has 6 nitrogen and oxygen atoms in total. The maximum Gasteiger partial charge on any atom is 0.225 e. The minimum Gasteiger partial charge on any atom is -0.364 e. The Morgan fingerprint density at radius 2 is 2.14 bits per heavy atom. The van der Waals surface area contributed by atoms with Gasteiger partial charge in [-0.15, -0.1) is 0 Å². The van der Waals surface area contributed by atoms with Gasteiger partial charge in [-0.25, -0.2) is 0 Å². The van der Waals surface area contributed by atoms with E-state index in [1.807, 2.05) is 11.0 Å². The highest BCUT2D eigenvalue weighted by molar-refractivity contribution is 5.79. The Morgan fingerprint density at radius 3 is 2.81 bits per heavy atom. The largest absolute Gasteiger partial charge is 0.364 e. The minimum atomic E-state index is 0.149. The molecule has 0 unspecified atom stereocenters. The van der Waals surface area contributed by atoms with Gasteiger partial charge in [0.25, 0.3) is 0 Å². The van der Waals surface area contributed by atoms with Crippen molar-refractivity contribution >= 4 is 5.91 Å². The van der Waals surface area contributed by atoms with Crippen molar-refractivity contribution in [3.63, 3.8) is 0 Å². The molecule has 0 aromatic carbocycles. The van der Waals surface area contributed by atoms with E-state index in [2.05, 4.69) is 10.1 Å². The fourth-order valence-corrected chi connectivity index (χ4v) is 3.38. The summed E-state index contributed by atoms with van der Waals surface area (Å²) in [7, 11) is 0. The van der Waals surface area contributed by atoms with Crippen LogP contribution in [0, 0.1) is 5.92 Å². The highest BCUT2D eigenvalue weighted by atomic mass is 16.5. The zero-order valence-corrected chi connectivity index (χ0v) is 12.4. The number of nitrogens with two attached hydrogens (primary N) is 1. The minimum absolute atomic E-state index is 0.149. The summed E-state index contributed by atoms with van der Waals surface area (Å²) >= 11 is 0. The zero-order valence-electron chi connectivity index (χ0n) is 12.4. The van der Waals surface area contributed by atoms with Gasteiger partial charge in [0.05, 0.1) is 5.69 Å². The van der Waals surface area contributed by atoms with Crippen LogP contribution in [0.4, 0.5) is 0 Å². The highest BCUT2D eigenvalue weighted by Crippen LogP contribution is 2.25. The summed E-state index contributed by atoms with van der Waals surface area (Å²) in [5.41, 5.74) is 6.95. The molecule has 116 valence electrons. The fourth-order valence-electron chi connectivity index (χ4n) is 3.38. The first kappa shape index (κ1) is 14.5. The molecule has 0 bridgehead atoms. The zero-order chi connectivity index (χ0) is 14.7. The maximum atomic E-state index is 12.5. The van der Waals surface area contributed by atoms with Crippen molar-refractivity contribution < 1.29 is 9.32 Å². The summed E-state index contributed by atoms with van der Waals surface area (Å²) in [6, 6.07) is 2.10. The number of nitrogens with zero attached hydrogens (tertiary/aromatic N) is 3. The van der Waals surface area contributed by atoms with Crippen LogP contribution in [0.15, 0.2) is 16.9 Å². The van der Waals surface area contributed by atoms with E-state index in [1.165, 1.54) is 0 Å². The molecule has 1 amide bonds. The molecule has 2 fully saturated rings. The van der Waals surface area contributed by atoms with Gasteiger partial charge in [-0.05, 0) is 19.3 Å². The predicted octanol–water partition coefficient (Wildman–Crippen LogP) is 0.836. The summed E-state index contributed by atoms with van der Waals surface area (Å²) < 4.78 is 4.85. The second-order valence-corrected chi connectivity index (χ2v) is 6.22. The van der Waals surface area contributed by atoms with Crippen LogP contribution in [0.1, 0.15) is 31.4 Å². The molecular formula is C15H24N4O2. The molecule has 0 spiro atoms. The van der Waals surface area contributed by atoms with E-state index in [0.29, 0.717) is 5.91 Å². The third-order valence-corrected chi connectivity index (χ3v) is 4.62. The molecular weight excluding hydrogens is 268 g/mol. The molecule has 1 aliphatic heterocycles. The number of amides is 1. The van der Waals surface area contributed by atoms with Gasteiger partial charge < -0.3 is 15.2 Å². The molecule has 2 aliphatic rings. The molecule has 1 aromatic heterocycles. The van der Waals surface area contributed by atoms with E-state index >= 15 is 0 Å². The predicted molar refractivity (Wildman–Crippen MR) is 78.3 cm³/mol. The Morgan fingerprint density at radius 1 is 1.33 bits per heavy atom. The van der Waals surface area contributed by atoms with Gasteiger partial charge >= 0.3 is 0 Å². The molecule has 1 saturated heterocycles. The van der Waals surface area contributed by atoms with Gasteiger partial charge in [-0.1, -0.05) is 11.6 Å². The van der Waals surface area contributed by atoms with E-state index in [1.54, 1.807) is 6.26 Å². The Kier molecular flexibility index (Phi) is 4.55. The molecule has 2 N–H and O–H groups in total. The van der Waals surface area contributed by atoms with Crippen LogP contribution in [0.2, 0.25) is 0 Å². The van der Waals surface area contributed by atoms with Crippen molar-refractivity contribution in [2.45, 2.75) is 38.3 Å². The Balaban J connectivity index is 1.47. The van der Waals surface area contributed by atoms with Crippen molar-refractivity contribution in [1.82, 2.24) is 15.0 Å². The third-order valence-electron chi connectivity index (χ3n) is 4.62. The average Bonchev–Trinajstić information content (AvgIpc) is 3.00. The van der Waals surface area contributed by atoms with Gasteiger partial charge in [0.2, 0.25) is 5.91 Å². The summed E-state index contributed by atoms with van der Waals surface area (Å²) in [6.45, 7) is 4.21. The fraction of sp³-hybridized carbons (Fsp3) is 0.733. The van der Waals surface area contributed by atoms with Gasteiger partial charge in [0, 0.05) is 50.7 Å². The van der Waals surface area contributed by atoms with E-state index in [4.69, 9.17) is 10.3 Å². The van der Waals surface area contributed by atoms with Gasteiger partial charge in [-0.2, -0.15) is 0 Å². The van der Waals surface area contributed by atoms with E-state index in [9.17, 15) is 4.79 Å². The maximum absolute atomic E-state index is 12.5. The highest BCUT2D eigenvalue weighted by Gasteiger charge is 2.30. The second-order valence-electron chi connectivity index (χ2n) is 6.22. The van der Waals surface area contributed by atoms with Crippen LogP contribution in [0.25, 0.3) is 0 Å². The molecule has 1 aromatic rings. The summed E-state index contributed by atoms with van der Waals surface area (Å²) in [4.78, 5) is 16.9. The molecule has 6 heteroatoms. The van der Waals surface area contributed by atoms with Crippen molar-refractivity contribution in [3.05, 3.63) is 18.0 Å². The van der Waals surface area contributed by atoms with Crippen LogP contribution in [-0.2, 0) is 11.3 Å². The number of carbonyl (C=O) groups is 1. The Hall–Kier alpha value is -1.40. The topological polar surface area (TPSA) is 75.6 Å². The SMILES string of the molecule is N[C@@H]1CCC[C@@H](C(=O)N2CCN(Cc3ccon3)CC2)C1. The van der Waals surface area contributed by atoms with Crippen molar-refractivity contribution in [2.75, 3.05) is 26.2 Å². The summed E-state index contributed by atoms with van der Waals surface area (Å²) in [5, 5.41) is 3.94. The Labute approximate surface area is 125 Å². The summed E-state index contributed by atoms with van der Waals surface area (Å²) in [6.07, 6.45) is 5.62. The first-order valence-corrected chi connectivity index (χ1v) is 7.88. The summed E-state index contributed by atoms with van der Waals surface area (Å²) in [5.74, 6) is 0.460. The first-order valence-electron chi connectivity index (χ1n) is 7.88. The van der Waals surface area contributed by atoms with Crippen LogP contribution in [0.3, 0.4) is 0 Å². The van der Waals surface area contributed by atoms with Gasteiger partial charge in [0.15, 0.2) is 0 Å². The molecule has 0 radical (unpaired) electrons. The second kappa shape index (κ2) is 6.58. The molecule has 3 rings (SSSR count). The number of rotatable bonds is 3. The van der Waals surface area contributed by atoms with Crippen molar-refractivity contribution in [1.29, 1.82) is 0 Å². The van der Waals surface area contributed by atoms with Crippen LogP contribution >= 0.6 is 0 Å². The number of aromatic nitrogens is 1. The van der Waals surface area contributed by atoms with E-state index < -0.39 is 0 Å². The molecule has 1 saturated carbocycles. The van der Waals surface area contributed by atoms with E-state index in [-0.39, 0.29) is 12.0 Å². The molecule has 21 heavy (non-hydrogen) atoms. The van der Waals surface area contributed by atoms with Gasteiger partial charge in [-0.3, -0.25) is 9.69 Å². The lowest BCUT2D eigenvalue weighted by Crippen LogP contribution is -2.51. The van der Waals surface area contributed by atoms with E-state index in [0.717, 1.165) is 64.1 Å². The first-order chi connectivity index (χ1) is 10.2. The number of carbonyl (C=O) groups excluding carboxylic acids is 1. The third kappa shape index (κ3) is 3.63. The van der Waals surface area contributed by atoms with Gasteiger partial charge in [0.1, 0.15) is 6.26 Å². The number of piperazine rings is 1. The van der Waals surface area contributed by atoms with Crippen molar-refractivity contribution in [2.24, 2.45) is 11.7 Å². The number of hydrogen-bond acceptors (Lipinski definition) is 5. The quantitative estimate of drug-likeness (QED) is 0.893. The van der Waals surface area contributed by atoms with Crippen LogP contribution in [-0.4, -0.2) is 53.1 Å². The molecule has 2 heterocycles. The standard InChI is InChI=1S/C15H24N4O2/c16-13-3-1-2-12(10-13)15(20)19-7-5-18(6-8-19)11-14-4-9-21-17-14/h4,9,12-13H,1-3,5-8,10-11,16H2/t12-,13-/m1/s1. The lowest BCUT2D eigenvalue weighted by molar-refractivity contribution is -0.138. The average molecular weight is 292 g/mol. The normalized spacial score (nSPS) is 27.8. The van der Waals surface area contributed by atoms with Crippen LogP contribution < -0.4 is 5.73 Å². The molecule has 2 atom stereocenters. The van der Waals surface area contributed by atoms with Crippen molar-refractivity contribution in [3.8, 4) is 0 Å². The monoisotopic (exact) mass is 292 g/mol. The smallest absolute Gasteiger partial charge is 0.225 e. The molecule has 1 aliphatic carbocycles. The Bertz CT molecular complexity index is 454. The lowest BCUT2D eigenvalue weighted by Gasteiger charge is -2.37.